The number of benzene rings is 1. The van der Waals surface area contributed by atoms with Crippen LogP contribution in [0.1, 0.15) is 51.8 Å². The number of hydrogen-bond acceptors (Lipinski definition) is 2. The standard InChI is InChI=1S/C20H27NO2/c1-12(2)10-16-18(20(16,4)5)19(22)21-13(3)14-6-7-17-15(11-14)8-9-23-17/h6-7,10-11,13,16,18H,8-9H2,1-5H3,(H,21,22)/t13-,16+,18-/m0/s1. The summed E-state index contributed by atoms with van der Waals surface area (Å²) in [5.41, 5.74) is 3.75. The highest BCUT2D eigenvalue weighted by Gasteiger charge is 2.60. The topological polar surface area (TPSA) is 38.3 Å². The van der Waals surface area contributed by atoms with Crippen LogP contribution < -0.4 is 10.1 Å². The van der Waals surface area contributed by atoms with Crippen LogP contribution in [0.15, 0.2) is 29.8 Å². The Bertz CT molecular complexity index is 656. The van der Waals surface area contributed by atoms with Crippen molar-refractivity contribution in [1.82, 2.24) is 5.32 Å². The van der Waals surface area contributed by atoms with Gasteiger partial charge in [0, 0.05) is 6.42 Å². The summed E-state index contributed by atoms with van der Waals surface area (Å²) in [6.45, 7) is 11.4. The SMILES string of the molecule is CC(C)=C[C@@H]1[C@@H](C(=O)N[C@@H](C)c2ccc3c(c2)CCO3)C1(C)C. The van der Waals surface area contributed by atoms with Crippen LogP contribution in [-0.4, -0.2) is 12.5 Å². The van der Waals surface area contributed by atoms with Crippen LogP contribution in [0.5, 0.6) is 5.75 Å². The lowest BCUT2D eigenvalue weighted by molar-refractivity contribution is -0.123. The molecule has 1 aliphatic heterocycles. The average molecular weight is 313 g/mol. The summed E-state index contributed by atoms with van der Waals surface area (Å²) in [6, 6.07) is 6.27. The number of ether oxygens (including phenoxy) is 1. The highest BCUT2D eigenvalue weighted by atomic mass is 16.5. The van der Waals surface area contributed by atoms with E-state index in [-0.39, 0.29) is 23.3 Å². The van der Waals surface area contributed by atoms with Gasteiger partial charge < -0.3 is 10.1 Å². The van der Waals surface area contributed by atoms with E-state index in [0.29, 0.717) is 5.92 Å². The molecule has 1 N–H and O–H groups in total. The van der Waals surface area contributed by atoms with E-state index in [9.17, 15) is 4.79 Å². The van der Waals surface area contributed by atoms with Gasteiger partial charge in [0.1, 0.15) is 5.75 Å². The van der Waals surface area contributed by atoms with E-state index in [1.165, 1.54) is 11.1 Å². The van der Waals surface area contributed by atoms with Crippen molar-refractivity contribution in [3.63, 3.8) is 0 Å². The lowest BCUT2D eigenvalue weighted by Gasteiger charge is -2.16. The van der Waals surface area contributed by atoms with Gasteiger partial charge in [0.05, 0.1) is 18.6 Å². The van der Waals surface area contributed by atoms with E-state index >= 15 is 0 Å². The molecule has 2 aliphatic rings. The minimum atomic E-state index is 0.0251. The van der Waals surface area contributed by atoms with Crippen molar-refractivity contribution < 1.29 is 9.53 Å². The summed E-state index contributed by atoms with van der Waals surface area (Å²) in [5, 5.41) is 3.20. The van der Waals surface area contributed by atoms with Crippen LogP contribution in [0.3, 0.4) is 0 Å². The molecule has 0 bridgehead atoms. The van der Waals surface area contributed by atoms with Crippen molar-refractivity contribution in [2.24, 2.45) is 17.3 Å². The summed E-state index contributed by atoms with van der Waals surface area (Å²) < 4.78 is 5.55. The number of rotatable bonds is 4. The number of allylic oxidation sites excluding steroid dienone is 2. The molecule has 0 radical (unpaired) electrons. The molecule has 23 heavy (non-hydrogen) atoms. The third kappa shape index (κ3) is 3.01. The Morgan fingerprint density at radius 3 is 2.83 bits per heavy atom. The van der Waals surface area contributed by atoms with Gasteiger partial charge >= 0.3 is 0 Å². The van der Waals surface area contributed by atoms with Crippen molar-refractivity contribution in [3.8, 4) is 5.75 Å². The molecule has 0 spiro atoms. The molecule has 3 atom stereocenters. The van der Waals surface area contributed by atoms with Crippen LogP contribution in [-0.2, 0) is 11.2 Å². The van der Waals surface area contributed by atoms with Gasteiger partial charge in [-0.05, 0) is 55.4 Å². The quantitative estimate of drug-likeness (QED) is 0.852. The second-order valence-corrected chi connectivity index (χ2v) is 7.76. The normalized spacial score (nSPS) is 25.1. The summed E-state index contributed by atoms with van der Waals surface area (Å²) >= 11 is 0. The van der Waals surface area contributed by atoms with Crippen LogP contribution in [0.25, 0.3) is 0 Å². The van der Waals surface area contributed by atoms with Gasteiger partial charge in [0.2, 0.25) is 5.91 Å². The number of carbonyl (C=O) groups is 1. The highest BCUT2D eigenvalue weighted by molar-refractivity contribution is 5.84. The van der Waals surface area contributed by atoms with Gasteiger partial charge in [-0.25, -0.2) is 0 Å². The van der Waals surface area contributed by atoms with E-state index in [1.807, 2.05) is 6.07 Å². The van der Waals surface area contributed by atoms with Crippen LogP contribution in [0.2, 0.25) is 0 Å². The Kier molecular flexibility index (Phi) is 3.99. The Morgan fingerprint density at radius 2 is 2.13 bits per heavy atom. The lowest BCUT2D eigenvalue weighted by atomic mass is 10.0. The summed E-state index contributed by atoms with van der Waals surface area (Å²) in [5.74, 6) is 1.59. The molecule has 124 valence electrons. The monoisotopic (exact) mass is 313 g/mol. The predicted octanol–water partition coefficient (Wildman–Crippen LogP) is 4.04. The number of fused-ring (bicyclic) bond motifs is 1. The molecular weight excluding hydrogens is 286 g/mol. The first-order valence-corrected chi connectivity index (χ1v) is 8.51. The Morgan fingerprint density at radius 1 is 1.39 bits per heavy atom. The van der Waals surface area contributed by atoms with Crippen LogP contribution in [0.4, 0.5) is 0 Å². The van der Waals surface area contributed by atoms with E-state index in [0.717, 1.165) is 24.3 Å². The van der Waals surface area contributed by atoms with Gasteiger partial charge in [0.15, 0.2) is 0 Å². The van der Waals surface area contributed by atoms with Gasteiger partial charge in [-0.3, -0.25) is 4.79 Å². The Labute approximate surface area is 139 Å². The highest BCUT2D eigenvalue weighted by Crippen LogP contribution is 2.59. The Hall–Kier alpha value is -1.77. The number of nitrogens with one attached hydrogen (secondary N) is 1. The second kappa shape index (κ2) is 5.70. The number of carbonyl (C=O) groups excluding carboxylic acids is 1. The third-order valence-electron chi connectivity index (χ3n) is 5.28. The molecule has 1 heterocycles. The molecule has 3 rings (SSSR count). The van der Waals surface area contributed by atoms with E-state index in [2.05, 4.69) is 58.1 Å². The first kappa shape index (κ1) is 16.1. The molecule has 0 saturated heterocycles. The van der Waals surface area contributed by atoms with E-state index in [4.69, 9.17) is 4.74 Å². The van der Waals surface area contributed by atoms with Gasteiger partial charge in [-0.2, -0.15) is 0 Å². The first-order valence-electron chi connectivity index (χ1n) is 8.51. The molecule has 1 amide bonds. The van der Waals surface area contributed by atoms with Crippen LogP contribution in [0, 0.1) is 17.3 Å². The van der Waals surface area contributed by atoms with Gasteiger partial charge in [-0.1, -0.05) is 31.6 Å². The van der Waals surface area contributed by atoms with Crippen molar-refractivity contribution in [2.75, 3.05) is 6.61 Å². The maximum Gasteiger partial charge on any atom is 0.224 e. The number of hydrogen-bond donors (Lipinski definition) is 1. The minimum Gasteiger partial charge on any atom is -0.493 e. The second-order valence-electron chi connectivity index (χ2n) is 7.76. The molecule has 0 aromatic heterocycles. The molecule has 1 aliphatic carbocycles. The van der Waals surface area contributed by atoms with Crippen molar-refractivity contribution >= 4 is 5.91 Å². The molecule has 3 nitrogen and oxygen atoms in total. The van der Waals surface area contributed by atoms with Gasteiger partial charge in [0.25, 0.3) is 0 Å². The van der Waals surface area contributed by atoms with Crippen molar-refractivity contribution in [1.29, 1.82) is 0 Å². The molecule has 1 aromatic rings. The zero-order valence-electron chi connectivity index (χ0n) is 14.8. The Balaban J connectivity index is 1.67. The summed E-state index contributed by atoms with van der Waals surface area (Å²) in [4.78, 5) is 12.7. The summed E-state index contributed by atoms with van der Waals surface area (Å²) in [7, 11) is 0. The fraction of sp³-hybridized carbons (Fsp3) is 0.550. The zero-order valence-corrected chi connectivity index (χ0v) is 14.8. The molecular formula is C20H27NO2. The number of amides is 1. The molecule has 0 unspecified atom stereocenters. The van der Waals surface area contributed by atoms with Gasteiger partial charge in [-0.15, -0.1) is 0 Å². The summed E-state index contributed by atoms with van der Waals surface area (Å²) in [6.07, 6.45) is 3.20. The maximum atomic E-state index is 12.7. The largest absolute Gasteiger partial charge is 0.493 e. The van der Waals surface area contributed by atoms with E-state index in [1.54, 1.807) is 0 Å². The zero-order chi connectivity index (χ0) is 16.8. The molecule has 3 heteroatoms. The third-order valence-corrected chi connectivity index (χ3v) is 5.28. The predicted molar refractivity (Wildman–Crippen MR) is 92.4 cm³/mol. The molecule has 1 aromatic carbocycles. The van der Waals surface area contributed by atoms with Crippen molar-refractivity contribution in [3.05, 3.63) is 41.0 Å². The van der Waals surface area contributed by atoms with E-state index < -0.39 is 0 Å². The fourth-order valence-corrected chi connectivity index (χ4v) is 3.71. The fourth-order valence-electron chi connectivity index (χ4n) is 3.71. The van der Waals surface area contributed by atoms with Crippen LogP contribution >= 0.6 is 0 Å². The lowest BCUT2D eigenvalue weighted by Crippen LogP contribution is -2.29. The average Bonchev–Trinajstić information content (AvgIpc) is 2.85. The minimum absolute atomic E-state index is 0.0251. The maximum absolute atomic E-state index is 12.7. The first-order chi connectivity index (χ1) is 10.8. The molecule has 1 saturated carbocycles. The smallest absolute Gasteiger partial charge is 0.224 e. The molecule has 1 fully saturated rings. The van der Waals surface area contributed by atoms with Crippen molar-refractivity contribution in [2.45, 2.75) is 47.1 Å².